The van der Waals surface area contributed by atoms with E-state index >= 15 is 0 Å². The first kappa shape index (κ1) is 14.4. The zero-order chi connectivity index (χ0) is 14.9. The quantitative estimate of drug-likeness (QED) is 0.786. The van der Waals surface area contributed by atoms with Gasteiger partial charge in [-0.25, -0.2) is 8.78 Å². The SMILES string of the molecule is CC(=O)N1CCN(C(=O)c2cc(F)ccc2F)C(C)C1. The summed E-state index contributed by atoms with van der Waals surface area (Å²) in [6, 6.07) is 2.59. The summed E-state index contributed by atoms with van der Waals surface area (Å²) in [5.74, 6) is -1.99. The highest BCUT2D eigenvalue weighted by Crippen LogP contribution is 2.17. The second-order valence-electron chi connectivity index (χ2n) is 4.94. The number of hydrogen-bond donors (Lipinski definition) is 0. The van der Waals surface area contributed by atoms with Crippen LogP contribution in [0.2, 0.25) is 0 Å². The van der Waals surface area contributed by atoms with Crippen LogP contribution in [0.1, 0.15) is 24.2 Å². The molecule has 1 heterocycles. The molecule has 108 valence electrons. The van der Waals surface area contributed by atoms with Gasteiger partial charge in [0.1, 0.15) is 11.6 Å². The Balaban J connectivity index is 2.18. The van der Waals surface area contributed by atoms with Crippen LogP contribution >= 0.6 is 0 Å². The predicted molar refractivity (Wildman–Crippen MR) is 69.1 cm³/mol. The fraction of sp³-hybridized carbons (Fsp3) is 0.429. The number of benzene rings is 1. The van der Waals surface area contributed by atoms with Gasteiger partial charge in [-0.15, -0.1) is 0 Å². The lowest BCUT2D eigenvalue weighted by Crippen LogP contribution is -2.55. The second-order valence-corrected chi connectivity index (χ2v) is 4.94. The van der Waals surface area contributed by atoms with Crippen molar-refractivity contribution in [1.82, 2.24) is 9.80 Å². The van der Waals surface area contributed by atoms with E-state index in [2.05, 4.69) is 0 Å². The standard InChI is InChI=1S/C14H16F2N2O2/c1-9-8-17(10(2)19)5-6-18(9)14(20)12-7-11(15)3-4-13(12)16/h3-4,7,9H,5-6,8H2,1-2H3. The Labute approximate surface area is 116 Å². The van der Waals surface area contributed by atoms with Crippen LogP contribution in [0.25, 0.3) is 0 Å². The number of nitrogens with zero attached hydrogens (tertiary/aromatic N) is 2. The predicted octanol–water partition coefficient (Wildman–Crippen LogP) is 1.66. The van der Waals surface area contributed by atoms with Gasteiger partial charge < -0.3 is 9.80 Å². The summed E-state index contributed by atoms with van der Waals surface area (Å²) >= 11 is 0. The van der Waals surface area contributed by atoms with Gasteiger partial charge in [0.15, 0.2) is 0 Å². The van der Waals surface area contributed by atoms with Crippen molar-refractivity contribution in [3.05, 3.63) is 35.4 Å². The first-order chi connectivity index (χ1) is 9.40. The molecule has 0 saturated carbocycles. The third-order valence-electron chi connectivity index (χ3n) is 3.49. The van der Waals surface area contributed by atoms with Gasteiger partial charge in [0, 0.05) is 32.6 Å². The fourth-order valence-electron chi connectivity index (χ4n) is 2.36. The van der Waals surface area contributed by atoms with E-state index in [-0.39, 0.29) is 17.5 Å². The van der Waals surface area contributed by atoms with Crippen LogP contribution in [-0.2, 0) is 4.79 Å². The van der Waals surface area contributed by atoms with Crippen molar-refractivity contribution in [1.29, 1.82) is 0 Å². The summed E-state index contributed by atoms with van der Waals surface area (Å²) in [5, 5.41) is 0. The third-order valence-corrected chi connectivity index (χ3v) is 3.49. The first-order valence-corrected chi connectivity index (χ1v) is 6.41. The molecule has 2 rings (SSSR count). The van der Waals surface area contributed by atoms with Crippen molar-refractivity contribution >= 4 is 11.8 Å². The van der Waals surface area contributed by atoms with E-state index in [0.717, 1.165) is 18.2 Å². The molecule has 1 atom stereocenters. The van der Waals surface area contributed by atoms with E-state index in [4.69, 9.17) is 0 Å². The molecule has 6 heteroatoms. The number of piperazine rings is 1. The smallest absolute Gasteiger partial charge is 0.257 e. The number of carbonyl (C=O) groups is 2. The summed E-state index contributed by atoms with van der Waals surface area (Å²) in [7, 11) is 0. The van der Waals surface area contributed by atoms with Crippen LogP contribution in [0.5, 0.6) is 0 Å². The average molecular weight is 282 g/mol. The molecule has 0 bridgehead atoms. The number of rotatable bonds is 1. The molecule has 0 aliphatic carbocycles. The summed E-state index contributed by atoms with van der Waals surface area (Å²) in [4.78, 5) is 26.7. The molecule has 0 N–H and O–H groups in total. The van der Waals surface area contributed by atoms with Gasteiger partial charge >= 0.3 is 0 Å². The van der Waals surface area contributed by atoms with Crippen LogP contribution in [-0.4, -0.2) is 47.3 Å². The molecule has 20 heavy (non-hydrogen) atoms. The van der Waals surface area contributed by atoms with E-state index in [0.29, 0.717) is 19.6 Å². The Kier molecular flexibility index (Phi) is 4.01. The molecule has 1 fully saturated rings. The monoisotopic (exact) mass is 282 g/mol. The summed E-state index contributed by atoms with van der Waals surface area (Å²) < 4.78 is 26.8. The van der Waals surface area contributed by atoms with Crippen molar-refractivity contribution < 1.29 is 18.4 Å². The van der Waals surface area contributed by atoms with E-state index in [9.17, 15) is 18.4 Å². The van der Waals surface area contributed by atoms with Gasteiger partial charge in [-0.2, -0.15) is 0 Å². The Bertz CT molecular complexity index is 548. The highest BCUT2D eigenvalue weighted by molar-refractivity contribution is 5.95. The lowest BCUT2D eigenvalue weighted by atomic mass is 10.1. The zero-order valence-electron chi connectivity index (χ0n) is 11.4. The van der Waals surface area contributed by atoms with Crippen LogP contribution in [0.3, 0.4) is 0 Å². The Morgan fingerprint density at radius 2 is 1.95 bits per heavy atom. The minimum absolute atomic E-state index is 0.0547. The molecule has 1 aliphatic rings. The van der Waals surface area contributed by atoms with E-state index in [1.807, 2.05) is 0 Å². The maximum absolute atomic E-state index is 13.6. The van der Waals surface area contributed by atoms with Crippen molar-refractivity contribution in [2.75, 3.05) is 19.6 Å². The van der Waals surface area contributed by atoms with Crippen molar-refractivity contribution in [3.8, 4) is 0 Å². The Hall–Kier alpha value is -1.98. The zero-order valence-corrected chi connectivity index (χ0v) is 11.4. The molecule has 1 aromatic rings. The lowest BCUT2D eigenvalue weighted by Gasteiger charge is -2.39. The summed E-state index contributed by atoms with van der Waals surface area (Å²) in [5.41, 5.74) is -0.270. The second kappa shape index (κ2) is 5.56. The topological polar surface area (TPSA) is 40.6 Å². The van der Waals surface area contributed by atoms with E-state index in [1.54, 1.807) is 11.8 Å². The maximum Gasteiger partial charge on any atom is 0.257 e. The van der Waals surface area contributed by atoms with Gasteiger partial charge in [-0.3, -0.25) is 9.59 Å². The first-order valence-electron chi connectivity index (χ1n) is 6.41. The lowest BCUT2D eigenvalue weighted by molar-refractivity contribution is -0.131. The molecular weight excluding hydrogens is 266 g/mol. The molecule has 0 spiro atoms. The highest BCUT2D eigenvalue weighted by atomic mass is 19.1. The molecule has 0 radical (unpaired) electrons. The van der Waals surface area contributed by atoms with E-state index in [1.165, 1.54) is 11.8 Å². The minimum atomic E-state index is -0.738. The van der Waals surface area contributed by atoms with Crippen molar-refractivity contribution in [3.63, 3.8) is 0 Å². The number of hydrogen-bond acceptors (Lipinski definition) is 2. The van der Waals surface area contributed by atoms with Crippen LogP contribution in [0.4, 0.5) is 8.78 Å². The number of amides is 2. The summed E-state index contributed by atoms with van der Waals surface area (Å²) in [6.07, 6.45) is 0. The van der Waals surface area contributed by atoms with Crippen molar-refractivity contribution in [2.24, 2.45) is 0 Å². The molecule has 1 aliphatic heterocycles. The molecule has 1 saturated heterocycles. The molecular formula is C14H16F2N2O2. The van der Waals surface area contributed by atoms with E-state index < -0.39 is 17.5 Å². The summed E-state index contributed by atoms with van der Waals surface area (Å²) in [6.45, 7) is 4.37. The van der Waals surface area contributed by atoms with Gasteiger partial charge in [-0.05, 0) is 25.1 Å². The van der Waals surface area contributed by atoms with Crippen molar-refractivity contribution in [2.45, 2.75) is 19.9 Å². The number of halogens is 2. The molecule has 0 aromatic heterocycles. The molecule has 1 aromatic carbocycles. The third kappa shape index (κ3) is 2.79. The molecule has 2 amide bonds. The van der Waals surface area contributed by atoms with Gasteiger partial charge in [0.25, 0.3) is 5.91 Å². The van der Waals surface area contributed by atoms with Gasteiger partial charge in [0.2, 0.25) is 5.91 Å². The van der Waals surface area contributed by atoms with Gasteiger partial charge in [-0.1, -0.05) is 0 Å². The Morgan fingerprint density at radius 3 is 2.55 bits per heavy atom. The van der Waals surface area contributed by atoms with Crippen LogP contribution in [0, 0.1) is 11.6 Å². The minimum Gasteiger partial charge on any atom is -0.339 e. The largest absolute Gasteiger partial charge is 0.339 e. The maximum atomic E-state index is 13.6. The average Bonchev–Trinajstić information content (AvgIpc) is 2.40. The molecule has 1 unspecified atom stereocenters. The Morgan fingerprint density at radius 1 is 1.25 bits per heavy atom. The van der Waals surface area contributed by atoms with Crippen LogP contribution < -0.4 is 0 Å². The fourth-order valence-corrected chi connectivity index (χ4v) is 2.36. The normalized spacial score (nSPS) is 19.1. The van der Waals surface area contributed by atoms with Crippen LogP contribution in [0.15, 0.2) is 18.2 Å². The van der Waals surface area contributed by atoms with Gasteiger partial charge in [0.05, 0.1) is 5.56 Å². The highest BCUT2D eigenvalue weighted by Gasteiger charge is 2.30. The molecule has 4 nitrogen and oxygen atoms in total. The number of carbonyl (C=O) groups excluding carboxylic acids is 2.